The van der Waals surface area contributed by atoms with Crippen molar-refractivity contribution in [2.24, 2.45) is 5.92 Å². The van der Waals surface area contributed by atoms with E-state index >= 15 is 0 Å². The van der Waals surface area contributed by atoms with Crippen LogP contribution in [-0.2, 0) is 9.59 Å². The van der Waals surface area contributed by atoms with Crippen LogP contribution >= 0.6 is 11.6 Å². The van der Waals surface area contributed by atoms with E-state index in [4.69, 9.17) is 11.6 Å². The van der Waals surface area contributed by atoms with E-state index in [0.29, 0.717) is 23.7 Å². The fourth-order valence-corrected chi connectivity index (χ4v) is 2.22. The minimum atomic E-state index is -0.700. The van der Waals surface area contributed by atoms with Crippen LogP contribution in [0.4, 0.5) is 5.69 Å². The number of aliphatic hydroxyl groups excluding tert-OH is 1. The van der Waals surface area contributed by atoms with Crippen molar-refractivity contribution in [2.75, 3.05) is 18.4 Å². The molecule has 2 atom stereocenters. The van der Waals surface area contributed by atoms with Crippen LogP contribution in [0.5, 0.6) is 0 Å². The van der Waals surface area contributed by atoms with E-state index in [2.05, 4.69) is 5.32 Å². The first-order chi connectivity index (χ1) is 9.47. The SMILES string of the molecule is C[C@H]1CCN(C(=O)C(=O)Nc2ccc(Cl)cc2)C[C@H]1O. The number of β-amino-alcohol motifs (C(OH)–C–C–N with tert-alkyl or cyclic N) is 1. The van der Waals surface area contributed by atoms with Gasteiger partial charge in [-0.2, -0.15) is 0 Å². The van der Waals surface area contributed by atoms with Gasteiger partial charge < -0.3 is 15.3 Å². The van der Waals surface area contributed by atoms with Gasteiger partial charge in [0.15, 0.2) is 0 Å². The molecule has 0 saturated carbocycles. The van der Waals surface area contributed by atoms with Crippen molar-refractivity contribution in [1.82, 2.24) is 4.90 Å². The highest BCUT2D eigenvalue weighted by Gasteiger charge is 2.30. The predicted molar refractivity (Wildman–Crippen MR) is 76.4 cm³/mol. The van der Waals surface area contributed by atoms with Gasteiger partial charge in [0, 0.05) is 23.8 Å². The van der Waals surface area contributed by atoms with Crippen LogP contribution in [-0.4, -0.2) is 41.0 Å². The number of halogens is 1. The molecular formula is C14H17ClN2O3. The third-order valence-electron chi connectivity index (χ3n) is 3.50. The highest BCUT2D eigenvalue weighted by atomic mass is 35.5. The van der Waals surface area contributed by atoms with Crippen molar-refractivity contribution in [3.05, 3.63) is 29.3 Å². The minimum absolute atomic E-state index is 0.151. The Balaban J connectivity index is 1.95. The first-order valence-electron chi connectivity index (χ1n) is 6.51. The first kappa shape index (κ1) is 14.8. The molecule has 108 valence electrons. The number of anilines is 1. The molecular weight excluding hydrogens is 280 g/mol. The summed E-state index contributed by atoms with van der Waals surface area (Å²) in [7, 11) is 0. The smallest absolute Gasteiger partial charge is 0.313 e. The summed E-state index contributed by atoms with van der Waals surface area (Å²) >= 11 is 5.75. The molecule has 1 aromatic rings. The molecule has 0 spiro atoms. The molecule has 1 heterocycles. The number of aliphatic hydroxyl groups is 1. The zero-order valence-corrected chi connectivity index (χ0v) is 11.9. The van der Waals surface area contributed by atoms with Crippen molar-refractivity contribution in [3.63, 3.8) is 0 Å². The molecule has 2 amide bonds. The molecule has 0 bridgehead atoms. The minimum Gasteiger partial charge on any atom is -0.391 e. The second-order valence-corrected chi connectivity index (χ2v) is 5.48. The van der Waals surface area contributed by atoms with Gasteiger partial charge in [0.2, 0.25) is 0 Å². The zero-order valence-electron chi connectivity index (χ0n) is 11.2. The summed E-state index contributed by atoms with van der Waals surface area (Å²) in [5, 5.41) is 12.8. The van der Waals surface area contributed by atoms with Gasteiger partial charge in [0.25, 0.3) is 0 Å². The van der Waals surface area contributed by atoms with Crippen molar-refractivity contribution < 1.29 is 14.7 Å². The van der Waals surface area contributed by atoms with E-state index in [1.165, 1.54) is 4.90 Å². The third-order valence-corrected chi connectivity index (χ3v) is 3.75. The fourth-order valence-electron chi connectivity index (χ4n) is 2.09. The van der Waals surface area contributed by atoms with Crippen LogP contribution in [0, 0.1) is 5.92 Å². The Kier molecular flexibility index (Phi) is 4.62. The van der Waals surface area contributed by atoms with Crippen LogP contribution in [0.15, 0.2) is 24.3 Å². The number of benzene rings is 1. The van der Waals surface area contributed by atoms with E-state index in [1.54, 1.807) is 24.3 Å². The highest BCUT2D eigenvalue weighted by molar-refractivity contribution is 6.39. The molecule has 5 nitrogen and oxygen atoms in total. The average molecular weight is 297 g/mol. The summed E-state index contributed by atoms with van der Waals surface area (Å²) in [5.74, 6) is -1.17. The Morgan fingerprint density at radius 2 is 2.00 bits per heavy atom. The van der Waals surface area contributed by atoms with Crippen LogP contribution in [0.1, 0.15) is 13.3 Å². The number of piperidine rings is 1. The van der Waals surface area contributed by atoms with E-state index in [9.17, 15) is 14.7 Å². The monoisotopic (exact) mass is 296 g/mol. The number of likely N-dealkylation sites (tertiary alicyclic amines) is 1. The Morgan fingerprint density at radius 1 is 1.35 bits per heavy atom. The van der Waals surface area contributed by atoms with Gasteiger partial charge in [-0.1, -0.05) is 18.5 Å². The summed E-state index contributed by atoms with van der Waals surface area (Å²) in [4.78, 5) is 25.3. The second kappa shape index (κ2) is 6.24. The molecule has 1 fully saturated rings. The molecule has 1 saturated heterocycles. The Bertz CT molecular complexity index is 504. The van der Waals surface area contributed by atoms with E-state index < -0.39 is 17.9 Å². The van der Waals surface area contributed by atoms with Crippen molar-refractivity contribution in [2.45, 2.75) is 19.4 Å². The molecule has 1 aliphatic heterocycles. The number of rotatable bonds is 1. The van der Waals surface area contributed by atoms with E-state index in [-0.39, 0.29) is 12.5 Å². The summed E-state index contributed by atoms with van der Waals surface area (Å²) in [6.07, 6.45) is 0.122. The third kappa shape index (κ3) is 3.49. The molecule has 2 rings (SSSR count). The largest absolute Gasteiger partial charge is 0.391 e. The molecule has 1 aliphatic rings. The highest BCUT2D eigenvalue weighted by Crippen LogP contribution is 2.18. The number of nitrogens with one attached hydrogen (secondary N) is 1. The van der Waals surface area contributed by atoms with E-state index in [1.807, 2.05) is 6.92 Å². The zero-order chi connectivity index (χ0) is 14.7. The topological polar surface area (TPSA) is 69.6 Å². The van der Waals surface area contributed by atoms with Crippen molar-refractivity contribution in [3.8, 4) is 0 Å². The number of amides is 2. The lowest BCUT2D eigenvalue weighted by molar-refractivity contribution is -0.146. The standard InChI is InChI=1S/C14H17ClN2O3/c1-9-6-7-17(8-12(9)18)14(20)13(19)16-11-4-2-10(15)3-5-11/h2-5,9,12,18H,6-8H2,1H3,(H,16,19)/t9-,12+/m0/s1. The predicted octanol–water partition coefficient (Wildman–Crippen LogP) is 1.51. The molecule has 6 heteroatoms. The maximum Gasteiger partial charge on any atom is 0.313 e. The second-order valence-electron chi connectivity index (χ2n) is 5.05. The normalized spacial score (nSPS) is 22.4. The maximum atomic E-state index is 12.0. The van der Waals surface area contributed by atoms with Gasteiger partial charge in [-0.15, -0.1) is 0 Å². The summed E-state index contributed by atoms with van der Waals surface area (Å²) in [6, 6.07) is 6.52. The van der Waals surface area contributed by atoms with Crippen molar-refractivity contribution >= 4 is 29.1 Å². The lowest BCUT2D eigenvalue weighted by atomic mass is 9.96. The van der Waals surface area contributed by atoms with E-state index in [0.717, 1.165) is 0 Å². The van der Waals surface area contributed by atoms with Crippen LogP contribution in [0.25, 0.3) is 0 Å². The molecule has 0 radical (unpaired) electrons. The Morgan fingerprint density at radius 3 is 2.60 bits per heavy atom. The first-order valence-corrected chi connectivity index (χ1v) is 6.89. The fraction of sp³-hybridized carbons (Fsp3) is 0.429. The molecule has 0 aliphatic carbocycles. The van der Waals surface area contributed by atoms with Crippen LogP contribution in [0.3, 0.4) is 0 Å². The van der Waals surface area contributed by atoms with Crippen LogP contribution in [0.2, 0.25) is 5.02 Å². The van der Waals surface area contributed by atoms with Gasteiger partial charge in [-0.3, -0.25) is 9.59 Å². The van der Waals surface area contributed by atoms with Gasteiger partial charge in [-0.05, 0) is 36.6 Å². The molecule has 0 aromatic heterocycles. The molecule has 2 N–H and O–H groups in total. The maximum absolute atomic E-state index is 12.0. The van der Waals surface area contributed by atoms with Crippen molar-refractivity contribution in [1.29, 1.82) is 0 Å². The number of carbonyl (C=O) groups excluding carboxylic acids is 2. The van der Waals surface area contributed by atoms with Gasteiger partial charge in [0.05, 0.1) is 6.10 Å². The molecule has 0 unspecified atom stereocenters. The number of hydrogen-bond acceptors (Lipinski definition) is 3. The van der Waals surface area contributed by atoms with Gasteiger partial charge >= 0.3 is 11.8 Å². The lowest BCUT2D eigenvalue weighted by Gasteiger charge is -2.33. The lowest BCUT2D eigenvalue weighted by Crippen LogP contribution is -2.49. The van der Waals surface area contributed by atoms with Crippen LogP contribution < -0.4 is 5.32 Å². The number of carbonyl (C=O) groups is 2. The summed E-state index contributed by atoms with van der Waals surface area (Å²) in [5.41, 5.74) is 0.513. The Hall–Kier alpha value is -1.59. The summed E-state index contributed by atoms with van der Waals surface area (Å²) in [6.45, 7) is 2.62. The average Bonchev–Trinajstić information content (AvgIpc) is 2.43. The summed E-state index contributed by atoms with van der Waals surface area (Å²) < 4.78 is 0. The molecule has 1 aromatic carbocycles. The van der Waals surface area contributed by atoms with Gasteiger partial charge in [-0.25, -0.2) is 0 Å². The number of nitrogens with zero attached hydrogens (tertiary/aromatic N) is 1. The molecule has 20 heavy (non-hydrogen) atoms. The quantitative estimate of drug-likeness (QED) is 0.772. The van der Waals surface area contributed by atoms with Gasteiger partial charge in [0.1, 0.15) is 0 Å². The number of hydrogen-bond donors (Lipinski definition) is 2. The Labute approximate surface area is 122 Å².